The summed E-state index contributed by atoms with van der Waals surface area (Å²) in [5, 5.41) is 7.13. The van der Waals surface area contributed by atoms with E-state index >= 15 is 0 Å². The molecule has 0 unspecified atom stereocenters. The van der Waals surface area contributed by atoms with Gasteiger partial charge in [-0.25, -0.2) is 14.1 Å². The number of carbonyl (C=O) groups is 1. The largest absolute Gasteiger partial charge is 0.308 e. The summed E-state index contributed by atoms with van der Waals surface area (Å²) < 4.78 is 16.7. The minimum Gasteiger partial charge on any atom is -0.308 e. The van der Waals surface area contributed by atoms with E-state index in [-0.39, 0.29) is 11.7 Å². The maximum atomic E-state index is 13.3. The molecule has 3 aromatic heterocycles. The van der Waals surface area contributed by atoms with Gasteiger partial charge in [0, 0.05) is 18.6 Å². The van der Waals surface area contributed by atoms with E-state index in [1.807, 2.05) is 37.5 Å². The molecular weight excluding hydrogens is 345 g/mol. The Balaban J connectivity index is 1.75. The van der Waals surface area contributed by atoms with Gasteiger partial charge in [0.05, 0.1) is 11.9 Å². The van der Waals surface area contributed by atoms with E-state index in [1.165, 1.54) is 18.3 Å². The van der Waals surface area contributed by atoms with Crippen molar-refractivity contribution in [3.05, 3.63) is 90.3 Å². The molecule has 134 valence electrons. The molecule has 27 heavy (non-hydrogen) atoms. The van der Waals surface area contributed by atoms with Crippen molar-refractivity contribution in [3.63, 3.8) is 0 Å². The zero-order chi connectivity index (χ0) is 18.8. The third-order valence-corrected chi connectivity index (χ3v) is 4.06. The number of anilines is 1. The van der Waals surface area contributed by atoms with E-state index in [1.54, 1.807) is 33.6 Å². The van der Waals surface area contributed by atoms with Crippen LogP contribution in [0, 0.1) is 12.7 Å². The summed E-state index contributed by atoms with van der Waals surface area (Å²) in [6.45, 7) is 1.93. The first-order valence-corrected chi connectivity index (χ1v) is 8.33. The van der Waals surface area contributed by atoms with Crippen molar-refractivity contribution >= 4 is 11.7 Å². The van der Waals surface area contributed by atoms with Crippen LogP contribution < -0.4 is 5.32 Å². The Labute approximate surface area is 154 Å². The lowest BCUT2D eigenvalue weighted by atomic mass is 10.2. The number of hydrogen-bond donors (Lipinski definition) is 1. The summed E-state index contributed by atoms with van der Waals surface area (Å²) in [5.74, 6) is 0.343. The standard InChI is InChI=1S/C20H16FN5O/c1-14-4-9-18(22-12-14)24-19(27)17-13-23-26(16-7-5-15(21)6-8-16)20(17)25-10-2-3-11-25/h2-13H,1H3,(H,22,24,27). The number of nitrogens with zero attached hydrogens (tertiary/aromatic N) is 4. The van der Waals surface area contributed by atoms with E-state index < -0.39 is 0 Å². The van der Waals surface area contributed by atoms with Crippen molar-refractivity contribution in [2.45, 2.75) is 6.92 Å². The molecule has 3 heterocycles. The highest BCUT2D eigenvalue weighted by Gasteiger charge is 2.20. The SMILES string of the molecule is Cc1ccc(NC(=O)c2cnn(-c3ccc(F)cc3)c2-n2cccc2)nc1. The fourth-order valence-electron chi connectivity index (χ4n) is 2.72. The molecule has 1 N–H and O–H groups in total. The molecule has 1 amide bonds. The summed E-state index contributed by atoms with van der Waals surface area (Å²) >= 11 is 0. The normalized spacial score (nSPS) is 10.7. The highest BCUT2D eigenvalue weighted by molar-refractivity contribution is 6.06. The molecule has 0 aliphatic carbocycles. The number of pyridine rings is 1. The van der Waals surface area contributed by atoms with E-state index in [9.17, 15) is 9.18 Å². The Morgan fingerprint density at radius 3 is 2.44 bits per heavy atom. The van der Waals surface area contributed by atoms with Crippen LogP contribution in [0.2, 0.25) is 0 Å². The second-order valence-corrected chi connectivity index (χ2v) is 6.04. The quantitative estimate of drug-likeness (QED) is 0.602. The third kappa shape index (κ3) is 3.35. The van der Waals surface area contributed by atoms with E-state index in [0.717, 1.165) is 5.56 Å². The van der Waals surface area contributed by atoms with E-state index in [2.05, 4.69) is 15.4 Å². The molecule has 0 aliphatic heterocycles. The molecule has 6 nitrogen and oxygen atoms in total. The second kappa shape index (κ2) is 6.87. The second-order valence-electron chi connectivity index (χ2n) is 6.04. The van der Waals surface area contributed by atoms with Crippen LogP contribution >= 0.6 is 0 Å². The van der Waals surface area contributed by atoms with Crippen molar-refractivity contribution in [2.24, 2.45) is 0 Å². The van der Waals surface area contributed by atoms with Gasteiger partial charge in [-0.05, 0) is 55.0 Å². The number of benzene rings is 1. The number of aromatic nitrogens is 4. The summed E-state index contributed by atoms with van der Waals surface area (Å²) in [7, 11) is 0. The highest BCUT2D eigenvalue weighted by atomic mass is 19.1. The predicted octanol–water partition coefficient (Wildman–Crippen LogP) is 3.76. The van der Waals surface area contributed by atoms with Gasteiger partial charge in [0.25, 0.3) is 5.91 Å². The molecule has 0 radical (unpaired) electrons. The summed E-state index contributed by atoms with van der Waals surface area (Å²) in [6.07, 6.45) is 6.81. The minimum atomic E-state index is -0.336. The molecule has 0 spiro atoms. The Kier molecular flexibility index (Phi) is 4.25. The molecule has 0 aliphatic rings. The molecule has 0 saturated heterocycles. The Morgan fingerprint density at radius 2 is 1.78 bits per heavy atom. The molecule has 4 aromatic rings. The Bertz CT molecular complexity index is 1070. The smallest absolute Gasteiger partial charge is 0.262 e. The lowest BCUT2D eigenvalue weighted by Crippen LogP contribution is -2.16. The van der Waals surface area contributed by atoms with Crippen LogP contribution in [0.5, 0.6) is 0 Å². The average Bonchev–Trinajstić information content (AvgIpc) is 3.33. The van der Waals surface area contributed by atoms with Crippen LogP contribution in [0.25, 0.3) is 11.5 Å². The fourth-order valence-corrected chi connectivity index (χ4v) is 2.72. The summed E-state index contributed by atoms with van der Waals surface area (Å²) in [6, 6.07) is 13.2. The number of halogens is 1. The highest BCUT2D eigenvalue weighted by Crippen LogP contribution is 2.21. The van der Waals surface area contributed by atoms with Gasteiger partial charge in [0.2, 0.25) is 0 Å². The molecule has 0 atom stereocenters. The maximum absolute atomic E-state index is 13.3. The van der Waals surface area contributed by atoms with E-state index in [0.29, 0.717) is 22.9 Å². The van der Waals surface area contributed by atoms with Crippen molar-refractivity contribution < 1.29 is 9.18 Å². The monoisotopic (exact) mass is 361 g/mol. The van der Waals surface area contributed by atoms with E-state index in [4.69, 9.17) is 0 Å². The van der Waals surface area contributed by atoms with Crippen LogP contribution in [-0.2, 0) is 0 Å². The van der Waals surface area contributed by atoms with Crippen LogP contribution in [0.15, 0.2) is 73.3 Å². The Morgan fingerprint density at radius 1 is 1.04 bits per heavy atom. The molecule has 1 aromatic carbocycles. The molecule has 4 rings (SSSR count). The molecule has 0 bridgehead atoms. The number of rotatable bonds is 4. The van der Waals surface area contributed by atoms with Crippen LogP contribution in [0.3, 0.4) is 0 Å². The number of carbonyl (C=O) groups excluding carboxylic acids is 1. The average molecular weight is 361 g/mol. The molecule has 0 saturated carbocycles. The fraction of sp³-hybridized carbons (Fsp3) is 0.0500. The van der Waals surface area contributed by atoms with Crippen LogP contribution in [0.1, 0.15) is 15.9 Å². The van der Waals surface area contributed by atoms with Gasteiger partial charge >= 0.3 is 0 Å². The number of amides is 1. The third-order valence-electron chi connectivity index (χ3n) is 4.06. The molecule has 7 heteroatoms. The first-order valence-electron chi connectivity index (χ1n) is 8.33. The molecular formula is C20H16FN5O. The first-order chi connectivity index (χ1) is 13.1. The van der Waals surface area contributed by atoms with Crippen molar-refractivity contribution in [2.75, 3.05) is 5.32 Å². The van der Waals surface area contributed by atoms with Crippen LogP contribution in [0.4, 0.5) is 10.2 Å². The van der Waals surface area contributed by atoms with Gasteiger partial charge in [0.15, 0.2) is 5.82 Å². The zero-order valence-electron chi connectivity index (χ0n) is 14.5. The summed E-state index contributed by atoms with van der Waals surface area (Å²) in [4.78, 5) is 17.0. The van der Waals surface area contributed by atoms with Gasteiger partial charge in [-0.15, -0.1) is 0 Å². The topological polar surface area (TPSA) is 64.7 Å². The number of aryl methyl sites for hydroxylation is 1. The lowest BCUT2D eigenvalue weighted by Gasteiger charge is -2.11. The lowest BCUT2D eigenvalue weighted by molar-refractivity contribution is 0.102. The number of nitrogens with one attached hydrogen (secondary N) is 1. The predicted molar refractivity (Wildman–Crippen MR) is 99.8 cm³/mol. The van der Waals surface area contributed by atoms with Gasteiger partial charge in [-0.3, -0.25) is 4.79 Å². The van der Waals surface area contributed by atoms with Crippen molar-refractivity contribution in [1.82, 2.24) is 19.3 Å². The van der Waals surface area contributed by atoms with Crippen molar-refractivity contribution in [1.29, 1.82) is 0 Å². The minimum absolute atomic E-state index is 0.330. The maximum Gasteiger partial charge on any atom is 0.262 e. The zero-order valence-corrected chi connectivity index (χ0v) is 14.5. The Hall–Kier alpha value is -3.74. The van der Waals surface area contributed by atoms with Gasteiger partial charge in [0.1, 0.15) is 17.2 Å². The summed E-state index contributed by atoms with van der Waals surface area (Å²) in [5.41, 5.74) is 2.02. The van der Waals surface area contributed by atoms with Crippen LogP contribution in [-0.4, -0.2) is 25.2 Å². The van der Waals surface area contributed by atoms with Gasteiger partial charge in [-0.1, -0.05) is 6.07 Å². The first kappa shape index (κ1) is 16.7. The van der Waals surface area contributed by atoms with Gasteiger partial charge in [-0.2, -0.15) is 5.10 Å². The molecule has 0 fully saturated rings. The van der Waals surface area contributed by atoms with Crippen molar-refractivity contribution in [3.8, 4) is 11.5 Å². The number of hydrogen-bond acceptors (Lipinski definition) is 3. The van der Waals surface area contributed by atoms with Gasteiger partial charge < -0.3 is 9.88 Å².